The maximum atomic E-state index is 10.5. The number of hydrogen-bond acceptors (Lipinski definition) is 2. The van der Waals surface area contributed by atoms with Crippen molar-refractivity contribution in [3.05, 3.63) is 35.4 Å². The van der Waals surface area contributed by atoms with Crippen LogP contribution in [-0.2, 0) is 11.2 Å². The van der Waals surface area contributed by atoms with Gasteiger partial charge in [-0.1, -0.05) is 37.6 Å². The number of unbranched alkanes of at least 4 members (excludes halogenated alkanes) is 1. The highest BCUT2D eigenvalue weighted by Gasteiger charge is 2.06. The molecule has 1 aromatic rings. The van der Waals surface area contributed by atoms with Crippen molar-refractivity contribution in [3.63, 3.8) is 0 Å². The van der Waals surface area contributed by atoms with Crippen LogP contribution in [0.5, 0.6) is 5.75 Å². The average Bonchev–Trinajstić information content (AvgIpc) is 2.41. The van der Waals surface area contributed by atoms with Crippen molar-refractivity contribution in [2.24, 2.45) is 0 Å². The number of methoxy groups -OCH3 is 1. The fourth-order valence-corrected chi connectivity index (χ4v) is 1.97. The normalized spacial score (nSPS) is 10.8. The van der Waals surface area contributed by atoms with E-state index in [9.17, 15) is 4.79 Å². The molecule has 0 fully saturated rings. The van der Waals surface area contributed by atoms with Crippen LogP contribution in [0, 0.1) is 0 Å². The van der Waals surface area contributed by atoms with E-state index in [4.69, 9.17) is 9.84 Å². The van der Waals surface area contributed by atoms with Gasteiger partial charge in [0.25, 0.3) is 0 Å². The SMILES string of the molecule is CCCCc1c(/C=C/CCC(=O)O)cccc1OC. The van der Waals surface area contributed by atoms with E-state index in [1.54, 1.807) is 7.11 Å². The molecule has 0 aliphatic heterocycles. The molecule has 0 unspecified atom stereocenters. The summed E-state index contributed by atoms with van der Waals surface area (Å²) in [6.07, 6.45) is 7.88. The first kappa shape index (κ1) is 15.3. The molecule has 0 amide bonds. The highest BCUT2D eigenvalue weighted by Crippen LogP contribution is 2.25. The lowest BCUT2D eigenvalue weighted by Gasteiger charge is -2.11. The maximum absolute atomic E-state index is 10.5. The minimum atomic E-state index is -0.763. The van der Waals surface area contributed by atoms with Crippen molar-refractivity contribution < 1.29 is 14.6 Å². The fourth-order valence-electron chi connectivity index (χ4n) is 1.97. The third-order valence-corrected chi connectivity index (χ3v) is 2.99. The summed E-state index contributed by atoms with van der Waals surface area (Å²) in [5.74, 6) is 0.148. The monoisotopic (exact) mass is 262 g/mol. The van der Waals surface area contributed by atoms with Crippen LogP contribution in [0.1, 0.15) is 43.7 Å². The molecular weight excluding hydrogens is 240 g/mol. The molecule has 0 spiro atoms. The predicted octanol–water partition coefficient (Wildman–Crippen LogP) is 3.92. The lowest BCUT2D eigenvalue weighted by Crippen LogP contribution is -1.96. The van der Waals surface area contributed by atoms with Gasteiger partial charge in [-0.2, -0.15) is 0 Å². The molecule has 1 aromatic carbocycles. The Labute approximate surface area is 114 Å². The van der Waals surface area contributed by atoms with Gasteiger partial charge < -0.3 is 9.84 Å². The largest absolute Gasteiger partial charge is 0.496 e. The van der Waals surface area contributed by atoms with Crippen molar-refractivity contribution >= 4 is 12.0 Å². The van der Waals surface area contributed by atoms with Crippen LogP contribution < -0.4 is 4.74 Å². The van der Waals surface area contributed by atoms with Gasteiger partial charge in [-0.05, 0) is 30.9 Å². The third kappa shape index (κ3) is 5.16. The summed E-state index contributed by atoms with van der Waals surface area (Å²) < 4.78 is 5.40. The Bertz CT molecular complexity index is 436. The van der Waals surface area contributed by atoms with Crippen molar-refractivity contribution in [2.75, 3.05) is 7.11 Å². The number of rotatable bonds is 8. The second-order valence-corrected chi connectivity index (χ2v) is 4.47. The first-order valence-corrected chi connectivity index (χ1v) is 6.73. The molecule has 0 aliphatic rings. The minimum Gasteiger partial charge on any atom is -0.496 e. The first-order chi connectivity index (χ1) is 9.19. The number of aliphatic carboxylic acids is 1. The van der Waals surface area contributed by atoms with E-state index < -0.39 is 5.97 Å². The van der Waals surface area contributed by atoms with Gasteiger partial charge >= 0.3 is 5.97 Å². The van der Waals surface area contributed by atoms with Crippen molar-refractivity contribution in [3.8, 4) is 5.75 Å². The molecule has 0 radical (unpaired) electrons. The predicted molar refractivity (Wildman–Crippen MR) is 77.5 cm³/mol. The zero-order valence-corrected chi connectivity index (χ0v) is 11.7. The molecule has 3 nitrogen and oxygen atoms in total. The molecule has 0 aromatic heterocycles. The molecule has 0 saturated heterocycles. The summed E-state index contributed by atoms with van der Waals surface area (Å²) in [5, 5.41) is 8.61. The highest BCUT2D eigenvalue weighted by molar-refractivity contribution is 5.67. The average molecular weight is 262 g/mol. The summed E-state index contributed by atoms with van der Waals surface area (Å²) in [5.41, 5.74) is 2.33. The maximum Gasteiger partial charge on any atom is 0.303 e. The molecule has 1 N–H and O–H groups in total. The van der Waals surface area contributed by atoms with Crippen LogP contribution in [0.15, 0.2) is 24.3 Å². The first-order valence-electron chi connectivity index (χ1n) is 6.73. The number of carboxylic acids is 1. The number of ether oxygens (including phenoxy) is 1. The zero-order valence-electron chi connectivity index (χ0n) is 11.7. The van der Waals surface area contributed by atoms with E-state index in [1.807, 2.05) is 30.4 Å². The molecule has 0 bridgehead atoms. The zero-order chi connectivity index (χ0) is 14.1. The Balaban J connectivity index is 2.82. The summed E-state index contributed by atoms with van der Waals surface area (Å²) in [6.45, 7) is 2.16. The Morgan fingerprint density at radius 2 is 2.21 bits per heavy atom. The molecule has 0 heterocycles. The lowest BCUT2D eigenvalue weighted by atomic mass is 10.00. The Hall–Kier alpha value is -1.77. The quantitative estimate of drug-likeness (QED) is 0.772. The molecule has 104 valence electrons. The van der Waals surface area contributed by atoms with Gasteiger partial charge in [-0.15, -0.1) is 0 Å². The van der Waals surface area contributed by atoms with Crippen LogP contribution in [-0.4, -0.2) is 18.2 Å². The van der Waals surface area contributed by atoms with Crippen LogP contribution in [0.25, 0.3) is 6.08 Å². The van der Waals surface area contributed by atoms with Gasteiger partial charge in [-0.3, -0.25) is 4.79 Å². The lowest BCUT2D eigenvalue weighted by molar-refractivity contribution is -0.136. The van der Waals surface area contributed by atoms with E-state index in [-0.39, 0.29) is 6.42 Å². The molecule has 19 heavy (non-hydrogen) atoms. The number of benzene rings is 1. The van der Waals surface area contributed by atoms with E-state index in [2.05, 4.69) is 6.92 Å². The third-order valence-electron chi connectivity index (χ3n) is 2.99. The number of carbonyl (C=O) groups is 1. The van der Waals surface area contributed by atoms with E-state index in [1.165, 1.54) is 5.56 Å². The second-order valence-electron chi connectivity index (χ2n) is 4.47. The fraction of sp³-hybridized carbons (Fsp3) is 0.438. The number of carboxylic acid groups (broad SMARTS) is 1. The second kappa shape index (κ2) is 8.35. The molecule has 0 saturated carbocycles. The summed E-state index contributed by atoms with van der Waals surface area (Å²) >= 11 is 0. The summed E-state index contributed by atoms with van der Waals surface area (Å²) in [4.78, 5) is 10.5. The molecule has 1 rings (SSSR count). The highest BCUT2D eigenvalue weighted by atomic mass is 16.5. The molecule has 0 atom stereocenters. The van der Waals surface area contributed by atoms with Crippen molar-refractivity contribution in [1.82, 2.24) is 0 Å². The van der Waals surface area contributed by atoms with E-state index >= 15 is 0 Å². The topological polar surface area (TPSA) is 46.5 Å². The van der Waals surface area contributed by atoms with Crippen LogP contribution >= 0.6 is 0 Å². The number of allylic oxidation sites excluding steroid dienone is 1. The number of hydrogen-bond donors (Lipinski definition) is 1. The van der Waals surface area contributed by atoms with Gasteiger partial charge in [0.15, 0.2) is 0 Å². The van der Waals surface area contributed by atoms with Gasteiger partial charge in [0, 0.05) is 12.0 Å². The Kier molecular flexibility index (Phi) is 6.72. The molecule has 3 heteroatoms. The van der Waals surface area contributed by atoms with Crippen LogP contribution in [0.2, 0.25) is 0 Å². The smallest absolute Gasteiger partial charge is 0.303 e. The van der Waals surface area contributed by atoms with Gasteiger partial charge in [-0.25, -0.2) is 0 Å². The van der Waals surface area contributed by atoms with Crippen molar-refractivity contribution in [1.29, 1.82) is 0 Å². The van der Waals surface area contributed by atoms with Crippen LogP contribution in [0.4, 0.5) is 0 Å². The van der Waals surface area contributed by atoms with E-state index in [0.717, 1.165) is 30.6 Å². The van der Waals surface area contributed by atoms with Gasteiger partial charge in [0.05, 0.1) is 7.11 Å². The van der Waals surface area contributed by atoms with Crippen molar-refractivity contribution in [2.45, 2.75) is 39.0 Å². The summed E-state index contributed by atoms with van der Waals surface area (Å²) in [6, 6.07) is 5.98. The van der Waals surface area contributed by atoms with Gasteiger partial charge in [0.2, 0.25) is 0 Å². The minimum absolute atomic E-state index is 0.171. The Morgan fingerprint density at radius 1 is 1.42 bits per heavy atom. The van der Waals surface area contributed by atoms with E-state index in [0.29, 0.717) is 6.42 Å². The molecular formula is C16H22O3. The summed E-state index contributed by atoms with van der Waals surface area (Å²) in [7, 11) is 1.68. The standard InChI is InChI=1S/C16H22O3/c1-3-4-10-14-13(8-5-6-12-16(17)18)9-7-11-15(14)19-2/h5,7-9,11H,3-4,6,10,12H2,1-2H3,(H,17,18)/b8-5+. The Morgan fingerprint density at radius 3 is 2.84 bits per heavy atom. The molecule has 0 aliphatic carbocycles. The van der Waals surface area contributed by atoms with Crippen LogP contribution in [0.3, 0.4) is 0 Å². The van der Waals surface area contributed by atoms with Gasteiger partial charge in [0.1, 0.15) is 5.75 Å².